The summed E-state index contributed by atoms with van der Waals surface area (Å²) in [5, 5.41) is 30.7. The standard InChI is InChI=1S/C30H35FN8O2/c1-29(2,3)34-27(41)21-8-10-24-19(15-21)6-7-20-16-22(31)9-11-25(20)30(24,28-35-37-38-36-28)12-13-33-18-26(40)39-14-4-5-23(39)17-32/h8-11,15-16,23,33H,4-7,12-14,18H2,1-3H3,(H,34,41)(H,35,36,37,38). The first-order valence-corrected chi connectivity index (χ1v) is 14.0. The second kappa shape index (κ2) is 11.4. The second-order valence-corrected chi connectivity index (χ2v) is 11.8. The molecule has 11 heteroatoms. The number of amides is 2. The molecule has 1 aliphatic carbocycles. The highest BCUT2D eigenvalue weighted by Crippen LogP contribution is 2.46. The fourth-order valence-electron chi connectivity index (χ4n) is 6.13. The number of rotatable bonds is 7. The first kappa shape index (κ1) is 28.4. The number of nitrogens with zero attached hydrogens (tertiary/aromatic N) is 5. The number of carbonyl (C=O) groups is 2. The molecule has 41 heavy (non-hydrogen) atoms. The fraction of sp³-hybridized carbons (Fsp3) is 0.467. The molecule has 1 aliphatic heterocycles. The molecule has 0 bridgehead atoms. The maximum atomic E-state index is 14.5. The Hall–Kier alpha value is -4.17. The molecule has 2 aromatic carbocycles. The summed E-state index contributed by atoms with van der Waals surface area (Å²) in [5.41, 5.74) is 2.84. The molecule has 2 unspecified atom stereocenters. The second-order valence-electron chi connectivity index (χ2n) is 11.8. The monoisotopic (exact) mass is 558 g/mol. The zero-order chi connectivity index (χ0) is 29.2. The Morgan fingerprint density at radius 2 is 1.90 bits per heavy atom. The number of aryl methyl sites for hydroxylation is 2. The normalized spacial score (nSPS) is 20.1. The number of halogens is 1. The van der Waals surface area contributed by atoms with Gasteiger partial charge in [0.2, 0.25) is 5.91 Å². The van der Waals surface area contributed by atoms with Crippen molar-refractivity contribution in [3.8, 4) is 6.07 Å². The van der Waals surface area contributed by atoms with Crippen molar-refractivity contribution in [2.24, 2.45) is 0 Å². The van der Waals surface area contributed by atoms with E-state index in [9.17, 15) is 19.2 Å². The number of nitrogens with one attached hydrogen (secondary N) is 3. The van der Waals surface area contributed by atoms with Gasteiger partial charge in [-0.1, -0.05) is 12.1 Å². The van der Waals surface area contributed by atoms with Crippen LogP contribution in [0.15, 0.2) is 36.4 Å². The average Bonchev–Trinajstić information content (AvgIpc) is 3.62. The van der Waals surface area contributed by atoms with Gasteiger partial charge in [0.25, 0.3) is 5.91 Å². The molecule has 0 spiro atoms. The smallest absolute Gasteiger partial charge is 0.251 e. The molecule has 1 fully saturated rings. The Kier molecular flexibility index (Phi) is 7.87. The van der Waals surface area contributed by atoms with E-state index in [1.165, 1.54) is 6.07 Å². The van der Waals surface area contributed by atoms with E-state index in [1.807, 2.05) is 32.9 Å². The van der Waals surface area contributed by atoms with Gasteiger partial charge in [0, 0.05) is 17.6 Å². The van der Waals surface area contributed by atoms with Crippen LogP contribution in [0.25, 0.3) is 0 Å². The van der Waals surface area contributed by atoms with E-state index in [-0.39, 0.29) is 30.2 Å². The van der Waals surface area contributed by atoms with Gasteiger partial charge in [0.1, 0.15) is 11.9 Å². The van der Waals surface area contributed by atoms with Crippen molar-refractivity contribution in [3.05, 3.63) is 75.9 Å². The van der Waals surface area contributed by atoms with Crippen LogP contribution in [0, 0.1) is 17.1 Å². The van der Waals surface area contributed by atoms with Crippen LogP contribution in [-0.2, 0) is 23.1 Å². The Labute approximate surface area is 238 Å². The number of hydrogen-bond acceptors (Lipinski definition) is 7. The van der Waals surface area contributed by atoms with Crippen LogP contribution in [0.4, 0.5) is 4.39 Å². The number of likely N-dealkylation sites (tertiary alicyclic amines) is 1. The van der Waals surface area contributed by atoms with E-state index >= 15 is 0 Å². The van der Waals surface area contributed by atoms with Gasteiger partial charge in [-0.2, -0.15) is 5.26 Å². The molecular weight excluding hydrogens is 523 g/mol. The van der Waals surface area contributed by atoms with Gasteiger partial charge < -0.3 is 15.5 Å². The third-order valence-corrected chi connectivity index (χ3v) is 7.93. The van der Waals surface area contributed by atoms with Crippen LogP contribution in [0.3, 0.4) is 0 Å². The fourth-order valence-corrected chi connectivity index (χ4v) is 6.13. The highest BCUT2D eigenvalue weighted by Gasteiger charge is 2.44. The van der Waals surface area contributed by atoms with Gasteiger partial charge in [-0.05, 0) is 116 Å². The molecule has 2 aliphatic rings. The number of H-pyrrole nitrogens is 1. The molecule has 0 saturated carbocycles. The lowest BCUT2D eigenvalue weighted by molar-refractivity contribution is -0.130. The Balaban J connectivity index is 1.52. The summed E-state index contributed by atoms with van der Waals surface area (Å²) in [5.74, 6) is -0.107. The Morgan fingerprint density at radius 3 is 2.59 bits per heavy atom. The predicted octanol–water partition coefficient (Wildman–Crippen LogP) is 2.79. The summed E-state index contributed by atoms with van der Waals surface area (Å²) in [7, 11) is 0. The summed E-state index contributed by atoms with van der Waals surface area (Å²) in [6.07, 6.45) is 3.15. The van der Waals surface area contributed by atoms with E-state index in [1.54, 1.807) is 23.1 Å². The molecule has 0 radical (unpaired) electrons. The molecule has 2 atom stereocenters. The topological polar surface area (TPSA) is 140 Å². The van der Waals surface area contributed by atoms with Crippen molar-refractivity contribution in [1.82, 2.24) is 36.2 Å². The molecule has 10 nitrogen and oxygen atoms in total. The number of nitriles is 1. The predicted molar refractivity (Wildman–Crippen MR) is 149 cm³/mol. The minimum absolute atomic E-state index is 0.0952. The zero-order valence-electron chi connectivity index (χ0n) is 23.6. The summed E-state index contributed by atoms with van der Waals surface area (Å²) < 4.78 is 14.5. The van der Waals surface area contributed by atoms with Crippen molar-refractivity contribution < 1.29 is 14.0 Å². The molecule has 1 aromatic heterocycles. The molecule has 2 amide bonds. The van der Waals surface area contributed by atoms with Crippen molar-refractivity contribution in [3.63, 3.8) is 0 Å². The first-order chi connectivity index (χ1) is 19.6. The lowest BCUT2D eigenvalue weighted by atomic mass is 9.69. The van der Waals surface area contributed by atoms with Gasteiger partial charge in [-0.15, -0.1) is 5.10 Å². The Morgan fingerprint density at radius 1 is 1.17 bits per heavy atom. The van der Waals surface area contributed by atoms with Crippen molar-refractivity contribution in [1.29, 1.82) is 5.26 Å². The molecule has 3 aromatic rings. The highest BCUT2D eigenvalue weighted by molar-refractivity contribution is 5.95. The molecule has 214 valence electrons. The van der Waals surface area contributed by atoms with Gasteiger partial charge in [0.15, 0.2) is 5.82 Å². The van der Waals surface area contributed by atoms with Gasteiger partial charge >= 0.3 is 0 Å². The summed E-state index contributed by atoms with van der Waals surface area (Å²) >= 11 is 0. The Bertz CT molecular complexity index is 1480. The summed E-state index contributed by atoms with van der Waals surface area (Å²) in [4.78, 5) is 27.5. The minimum Gasteiger partial charge on any atom is -0.347 e. The van der Waals surface area contributed by atoms with Gasteiger partial charge in [0.05, 0.1) is 18.0 Å². The molecule has 2 heterocycles. The first-order valence-electron chi connectivity index (χ1n) is 14.0. The number of aromatic amines is 1. The number of benzene rings is 2. The van der Waals surface area contributed by atoms with E-state index in [2.05, 4.69) is 37.3 Å². The molecule has 1 saturated heterocycles. The number of tetrazole rings is 1. The van der Waals surface area contributed by atoms with Crippen LogP contribution in [0.5, 0.6) is 0 Å². The average molecular weight is 559 g/mol. The SMILES string of the molecule is CC(C)(C)NC(=O)c1ccc2c(c1)CCc1cc(F)ccc1C2(CCNCC(=O)N1CCCC1C#N)c1nnn[nH]1. The van der Waals surface area contributed by atoms with E-state index in [0.717, 1.165) is 28.7 Å². The number of fused-ring (bicyclic) bond motifs is 2. The number of carbonyl (C=O) groups excluding carboxylic acids is 2. The zero-order valence-corrected chi connectivity index (χ0v) is 23.6. The lowest BCUT2D eigenvalue weighted by Crippen LogP contribution is -2.42. The van der Waals surface area contributed by atoms with Gasteiger partial charge in [-0.25, -0.2) is 9.49 Å². The molecular formula is C30H35FN8O2. The minimum atomic E-state index is -0.893. The van der Waals surface area contributed by atoms with Crippen LogP contribution in [0.2, 0.25) is 0 Å². The maximum absolute atomic E-state index is 14.5. The quantitative estimate of drug-likeness (QED) is 0.379. The lowest BCUT2D eigenvalue weighted by Gasteiger charge is -2.34. The van der Waals surface area contributed by atoms with E-state index in [4.69, 9.17) is 0 Å². The number of hydrogen-bond donors (Lipinski definition) is 3. The van der Waals surface area contributed by atoms with E-state index < -0.39 is 11.0 Å². The van der Waals surface area contributed by atoms with Crippen molar-refractivity contribution >= 4 is 11.8 Å². The summed E-state index contributed by atoms with van der Waals surface area (Å²) in [6, 6.07) is 12.3. The van der Waals surface area contributed by atoms with Crippen molar-refractivity contribution in [2.75, 3.05) is 19.6 Å². The van der Waals surface area contributed by atoms with Crippen LogP contribution in [-0.4, -0.2) is 68.6 Å². The third-order valence-electron chi connectivity index (χ3n) is 7.93. The third kappa shape index (κ3) is 5.70. The molecule has 5 rings (SSSR count). The highest BCUT2D eigenvalue weighted by atomic mass is 19.1. The van der Waals surface area contributed by atoms with E-state index in [0.29, 0.717) is 50.2 Å². The molecule has 3 N–H and O–H groups in total. The van der Waals surface area contributed by atoms with Crippen LogP contribution >= 0.6 is 0 Å². The van der Waals surface area contributed by atoms with Gasteiger partial charge in [-0.3, -0.25) is 9.59 Å². The summed E-state index contributed by atoms with van der Waals surface area (Å²) in [6.45, 7) is 6.90. The van der Waals surface area contributed by atoms with Crippen LogP contribution in [0.1, 0.15) is 78.5 Å². The van der Waals surface area contributed by atoms with Crippen molar-refractivity contribution in [2.45, 2.75) is 69.9 Å². The van der Waals surface area contributed by atoms with Crippen LogP contribution < -0.4 is 10.6 Å². The number of aromatic nitrogens is 4. The largest absolute Gasteiger partial charge is 0.347 e. The maximum Gasteiger partial charge on any atom is 0.251 e.